The molecule has 2 aromatic carbocycles. The Morgan fingerprint density at radius 1 is 1.00 bits per heavy atom. The lowest BCUT2D eigenvalue weighted by molar-refractivity contribution is -0.692. The van der Waals surface area contributed by atoms with E-state index >= 15 is 0 Å². The SMILES string of the molecule is CC1CCc2n(-c3ccc(Cl)cc3)cc(-c3ccccc3)[n+]2CC1.[Br-]. The first kappa shape index (κ1) is 18.2. The highest BCUT2D eigenvalue weighted by Gasteiger charge is 2.28. The Morgan fingerprint density at radius 3 is 2.44 bits per heavy atom. The summed E-state index contributed by atoms with van der Waals surface area (Å²) in [6, 6.07) is 18.8. The second-order valence-corrected chi connectivity index (χ2v) is 7.16. The summed E-state index contributed by atoms with van der Waals surface area (Å²) in [5, 5.41) is 0.779. The van der Waals surface area contributed by atoms with Gasteiger partial charge in [-0.05, 0) is 43.0 Å². The smallest absolute Gasteiger partial charge is 0.262 e. The number of hydrogen-bond acceptors (Lipinski definition) is 0. The predicted molar refractivity (Wildman–Crippen MR) is 98.5 cm³/mol. The average Bonchev–Trinajstić information content (AvgIpc) is 2.87. The van der Waals surface area contributed by atoms with E-state index in [4.69, 9.17) is 11.6 Å². The van der Waals surface area contributed by atoms with Crippen LogP contribution in [0, 0.1) is 5.92 Å². The summed E-state index contributed by atoms with van der Waals surface area (Å²) in [4.78, 5) is 0. The molecule has 2 nitrogen and oxygen atoms in total. The molecule has 0 fully saturated rings. The minimum atomic E-state index is 0. The van der Waals surface area contributed by atoms with Crippen LogP contribution in [-0.2, 0) is 13.0 Å². The summed E-state index contributed by atoms with van der Waals surface area (Å²) in [7, 11) is 0. The standard InChI is InChI=1S/C21H22ClN2.BrH/c1-16-7-12-21-23(14-13-16)20(17-5-3-2-4-6-17)15-24(21)19-10-8-18(22)9-11-19;/h2-6,8-11,15-16H,7,12-14H2,1H3;1H/q+1;/p-1. The van der Waals surface area contributed by atoms with Crippen molar-refractivity contribution in [1.29, 1.82) is 0 Å². The van der Waals surface area contributed by atoms with Crippen molar-refractivity contribution in [3.05, 3.63) is 71.6 Å². The molecule has 25 heavy (non-hydrogen) atoms. The molecule has 0 spiro atoms. The van der Waals surface area contributed by atoms with Crippen LogP contribution in [0.2, 0.25) is 5.02 Å². The lowest BCUT2D eigenvalue weighted by Crippen LogP contribution is -3.00. The van der Waals surface area contributed by atoms with Gasteiger partial charge in [0.2, 0.25) is 0 Å². The average molecular weight is 418 g/mol. The Morgan fingerprint density at radius 2 is 1.72 bits per heavy atom. The summed E-state index contributed by atoms with van der Waals surface area (Å²) in [6.45, 7) is 3.45. The van der Waals surface area contributed by atoms with Gasteiger partial charge < -0.3 is 17.0 Å². The number of imidazole rings is 1. The Balaban J connectivity index is 0.00000182. The van der Waals surface area contributed by atoms with Crippen LogP contribution in [0.1, 0.15) is 25.6 Å². The third kappa shape index (κ3) is 3.68. The zero-order valence-corrected chi connectivity index (χ0v) is 16.7. The van der Waals surface area contributed by atoms with Gasteiger partial charge in [-0.3, -0.25) is 0 Å². The normalized spacial score (nSPS) is 16.6. The minimum absolute atomic E-state index is 0. The van der Waals surface area contributed by atoms with Crippen molar-refractivity contribution in [1.82, 2.24) is 4.57 Å². The van der Waals surface area contributed by atoms with Gasteiger partial charge in [0.15, 0.2) is 5.69 Å². The van der Waals surface area contributed by atoms with Crippen LogP contribution in [0.4, 0.5) is 0 Å². The van der Waals surface area contributed by atoms with Crippen molar-refractivity contribution in [3.63, 3.8) is 0 Å². The van der Waals surface area contributed by atoms with Crippen LogP contribution in [0.5, 0.6) is 0 Å². The summed E-state index contributed by atoms with van der Waals surface area (Å²) in [6.07, 6.45) is 5.87. The topological polar surface area (TPSA) is 8.81 Å². The highest BCUT2D eigenvalue weighted by atomic mass is 79.9. The van der Waals surface area contributed by atoms with Crippen molar-refractivity contribution >= 4 is 11.6 Å². The number of benzene rings is 2. The first-order valence-corrected chi connectivity index (χ1v) is 9.05. The number of aromatic nitrogens is 2. The van der Waals surface area contributed by atoms with Crippen molar-refractivity contribution in [2.24, 2.45) is 5.92 Å². The third-order valence-corrected chi connectivity index (χ3v) is 5.26. The summed E-state index contributed by atoms with van der Waals surface area (Å²) >= 11 is 6.07. The molecule has 0 bridgehead atoms. The molecule has 1 unspecified atom stereocenters. The zero-order chi connectivity index (χ0) is 16.5. The van der Waals surface area contributed by atoms with E-state index in [1.54, 1.807) is 0 Å². The van der Waals surface area contributed by atoms with Crippen molar-refractivity contribution in [2.45, 2.75) is 32.7 Å². The van der Waals surface area contributed by atoms with Gasteiger partial charge >= 0.3 is 0 Å². The number of rotatable bonds is 2. The molecule has 130 valence electrons. The maximum absolute atomic E-state index is 6.07. The van der Waals surface area contributed by atoms with E-state index in [9.17, 15) is 0 Å². The minimum Gasteiger partial charge on any atom is -1.00 e. The number of fused-ring (bicyclic) bond motifs is 1. The zero-order valence-electron chi connectivity index (χ0n) is 14.3. The molecule has 1 aliphatic heterocycles. The van der Waals surface area contributed by atoms with Crippen LogP contribution in [0.15, 0.2) is 60.8 Å². The fourth-order valence-corrected chi connectivity index (χ4v) is 3.70. The maximum atomic E-state index is 6.07. The lowest BCUT2D eigenvalue weighted by atomic mass is 10.0. The molecule has 3 aromatic rings. The maximum Gasteiger partial charge on any atom is 0.262 e. The molecular weight excluding hydrogens is 396 g/mol. The fourth-order valence-electron chi connectivity index (χ4n) is 3.57. The highest BCUT2D eigenvalue weighted by molar-refractivity contribution is 6.30. The lowest BCUT2D eigenvalue weighted by Gasteiger charge is -2.04. The molecule has 1 atom stereocenters. The van der Waals surface area contributed by atoms with Crippen LogP contribution in [0.3, 0.4) is 0 Å². The fraction of sp³-hybridized carbons (Fsp3) is 0.286. The van der Waals surface area contributed by atoms with Crippen LogP contribution >= 0.6 is 11.6 Å². The van der Waals surface area contributed by atoms with Crippen LogP contribution in [0.25, 0.3) is 16.9 Å². The second-order valence-electron chi connectivity index (χ2n) is 6.73. The quantitative estimate of drug-likeness (QED) is 0.565. The Hall–Kier alpha value is -1.58. The number of halogens is 2. The first-order valence-electron chi connectivity index (χ1n) is 8.68. The molecule has 0 saturated heterocycles. The summed E-state index contributed by atoms with van der Waals surface area (Å²) in [5.41, 5.74) is 3.76. The van der Waals surface area contributed by atoms with E-state index in [2.05, 4.69) is 64.7 Å². The molecule has 2 heterocycles. The van der Waals surface area contributed by atoms with Gasteiger partial charge in [-0.2, -0.15) is 4.57 Å². The molecule has 0 saturated carbocycles. The largest absolute Gasteiger partial charge is 1.00 e. The Bertz CT molecular complexity index is 840. The summed E-state index contributed by atoms with van der Waals surface area (Å²) in [5.74, 6) is 2.16. The third-order valence-electron chi connectivity index (χ3n) is 5.01. The predicted octanol–water partition coefficient (Wildman–Crippen LogP) is 2.06. The van der Waals surface area contributed by atoms with Gasteiger partial charge in [0.1, 0.15) is 11.9 Å². The highest BCUT2D eigenvalue weighted by Crippen LogP contribution is 2.25. The van der Waals surface area contributed by atoms with Crippen LogP contribution in [-0.4, -0.2) is 4.57 Å². The number of hydrogen-bond donors (Lipinski definition) is 0. The van der Waals surface area contributed by atoms with E-state index in [0.29, 0.717) is 0 Å². The van der Waals surface area contributed by atoms with E-state index in [1.807, 2.05) is 12.1 Å². The molecular formula is C21H22BrClN2. The van der Waals surface area contributed by atoms with Crippen molar-refractivity contribution < 1.29 is 21.5 Å². The molecule has 1 aliphatic rings. The van der Waals surface area contributed by atoms with E-state index in [1.165, 1.54) is 35.6 Å². The molecule has 0 N–H and O–H groups in total. The van der Waals surface area contributed by atoms with E-state index in [-0.39, 0.29) is 17.0 Å². The monoisotopic (exact) mass is 416 g/mol. The van der Waals surface area contributed by atoms with Gasteiger partial charge in [0.25, 0.3) is 5.82 Å². The van der Waals surface area contributed by atoms with Gasteiger partial charge in [-0.15, -0.1) is 0 Å². The van der Waals surface area contributed by atoms with E-state index in [0.717, 1.165) is 23.9 Å². The molecule has 4 rings (SSSR count). The summed E-state index contributed by atoms with van der Waals surface area (Å²) < 4.78 is 4.85. The van der Waals surface area contributed by atoms with Crippen LogP contribution < -0.4 is 21.5 Å². The number of nitrogens with zero attached hydrogens (tertiary/aromatic N) is 2. The van der Waals surface area contributed by atoms with Gasteiger partial charge in [0.05, 0.1) is 13.0 Å². The van der Waals surface area contributed by atoms with Crippen molar-refractivity contribution in [3.8, 4) is 16.9 Å². The van der Waals surface area contributed by atoms with Crippen molar-refractivity contribution in [2.75, 3.05) is 0 Å². The molecule has 0 radical (unpaired) electrons. The Kier molecular flexibility index (Phi) is 5.65. The second kappa shape index (κ2) is 7.76. The molecule has 0 amide bonds. The van der Waals surface area contributed by atoms with Gasteiger partial charge in [0, 0.05) is 10.6 Å². The molecule has 4 heteroatoms. The van der Waals surface area contributed by atoms with E-state index < -0.39 is 0 Å². The Labute approximate surface area is 164 Å². The first-order chi connectivity index (χ1) is 11.7. The van der Waals surface area contributed by atoms with Gasteiger partial charge in [-0.1, -0.05) is 48.9 Å². The van der Waals surface area contributed by atoms with Gasteiger partial charge in [-0.25, -0.2) is 4.57 Å². The molecule has 1 aromatic heterocycles. The molecule has 0 aliphatic carbocycles.